The minimum absolute atomic E-state index is 0.0288. The van der Waals surface area contributed by atoms with Gasteiger partial charge in [0, 0.05) is 36.7 Å². The molecule has 2 amide bonds. The second kappa shape index (κ2) is 7.26. The fourth-order valence-corrected chi connectivity index (χ4v) is 4.85. The maximum Gasteiger partial charge on any atom is 0.246 e. The summed E-state index contributed by atoms with van der Waals surface area (Å²) in [5.74, 6) is 0.795. The first kappa shape index (κ1) is 18.3. The van der Waals surface area contributed by atoms with Crippen molar-refractivity contribution in [3.63, 3.8) is 0 Å². The molecule has 1 saturated carbocycles. The van der Waals surface area contributed by atoms with E-state index in [0.29, 0.717) is 12.4 Å². The summed E-state index contributed by atoms with van der Waals surface area (Å²) in [5.41, 5.74) is 3.18. The van der Waals surface area contributed by atoms with Gasteiger partial charge in [0.2, 0.25) is 11.8 Å². The fourth-order valence-electron chi connectivity index (χ4n) is 4.09. The lowest BCUT2D eigenvalue weighted by atomic mass is 9.92. The van der Waals surface area contributed by atoms with E-state index >= 15 is 0 Å². The normalized spacial score (nSPS) is 19.8. The third-order valence-electron chi connectivity index (χ3n) is 6.10. The van der Waals surface area contributed by atoms with E-state index in [1.807, 2.05) is 17.0 Å². The summed E-state index contributed by atoms with van der Waals surface area (Å²) in [6.07, 6.45) is 11.9. The van der Waals surface area contributed by atoms with E-state index in [4.69, 9.17) is 0 Å². The lowest BCUT2D eigenvalue weighted by Crippen LogP contribution is -2.33. The first-order valence-corrected chi connectivity index (χ1v) is 11.0. The maximum absolute atomic E-state index is 12.6. The lowest BCUT2D eigenvalue weighted by molar-refractivity contribution is -0.125. The van der Waals surface area contributed by atoms with Crippen molar-refractivity contribution < 1.29 is 9.59 Å². The van der Waals surface area contributed by atoms with Gasteiger partial charge in [-0.3, -0.25) is 9.59 Å². The van der Waals surface area contributed by atoms with Gasteiger partial charge in [-0.2, -0.15) is 0 Å². The van der Waals surface area contributed by atoms with Crippen molar-refractivity contribution in [1.82, 2.24) is 9.88 Å². The molecule has 1 N–H and O–H groups in total. The number of nitrogens with zero attached hydrogens (tertiary/aromatic N) is 2. The number of pyridine rings is 1. The molecule has 2 aromatic rings. The molecule has 5 rings (SSSR count). The largest absolute Gasteiger partial charge is 0.335 e. The molecule has 0 radical (unpaired) electrons. The zero-order chi connectivity index (χ0) is 19.8. The molecule has 2 aromatic heterocycles. The van der Waals surface area contributed by atoms with E-state index in [0.717, 1.165) is 49.8 Å². The van der Waals surface area contributed by atoms with E-state index in [-0.39, 0.29) is 17.2 Å². The Hall–Kier alpha value is -2.73. The molecule has 5 nitrogen and oxygen atoms in total. The van der Waals surface area contributed by atoms with Crippen LogP contribution in [0.15, 0.2) is 47.5 Å². The van der Waals surface area contributed by atoms with Gasteiger partial charge < -0.3 is 10.2 Å². The van der Waals surface area contributed by atoms with Crippen LogP contribution in [-0.2, 0) is 22.4 Å². The Morgan fingerprint density at radius 2 is 2.28 bits per heavy atom. The summed E-state index contributed by atoms with van der Waals surface area (Å²) in [5, 5.41) is 5.03. The van der Waals surface area contributed by atoms with Crippen LogP contribution in [0.2, 0.25) is 0 Å². The smallest absolute Gasteiger partial charge is 0.246 e. The molecule has 1 fully saturated rings. The molecule has 4 heterocycles. The number of fused-ring (bicyclic) bond motifs is 1. The number of nitrogens with one attached hydrogen (secondary N) is 1. The minimum atomic E-state index is -0.201. The highest BCUT2D eigenvalue weighted by Crippen LogP contribution is 2.52. The van der Waals surface area contributed by atoms with Crippen molar-refractivity contribution in [1.29, 1.82) is 0 Å². The fraction of sp³-hybridized carbons (Fsp3) is 0.348. The first-order valence-electron chi connectivity index (χ1n) is 10.1. The van der Waals surface area contributed by atoms with E-state index in [1.165, 1.54) is 10.5 Å². The van der Waals surface area contributed by atoms with Gasteiger partial charge in [-0.1, -0.05) is 17.7 Å². The number of thiophene rings is 1. The monoisotopic (exact) mass is 405 g/mol. The molecule has 1 aliphatic carbocycles. The van der Waals surface area contributed by atoms with Crippen LogP contribution in [0.1, 0.15) is 35.3 Å². The summed E-state index contributed by atoms with van der Waals surface area (Å²) in [6.45, 7) is 1.43. The van der Waals surface area contributed by atoms with E-state index < -0.39 is 0 Å². The van der Waals surface area contributed by atoms with Gasteiger partial charge >= 0.3 is 0 Å². The summed E-state index contributed by atoms with van der Waals surface area (Å²) in [7, 11) is 0. The van der Waals surface area contributed by atoms with Crippen LogP contribution in [0.25, 0.3) is 6.08 Å². The standard InChI is InChI=1S/C23H23N3O2S/c27-20(26-9-5-16(6-10-26)13-19-2-1-11-29-19)4-3-17-12-18-14-23(7-8-23)22(28)25-21(18)24-15-17/h1-5,11-12,15H,6-10,13-14H2,(H,24,25,28)/b4-3+. The van der Waals surface area contributed by atoms with Crippen LogP contribution in [-0.4, -0.2) is 34.8 Å². The highest BCUT2D eigenvalue weighted by molar-refractivity contribution is 7.09. The second-order valence-electron chi connectivity index (χ2n) is 8.17. The predicted octanol–water partition coefficient (Wildman–Crippen LogP) is 3.83. The van der Waals surface area contributed by atoms with Crippen LogP contribution >= 0.6 is 11.3 Å². The van der Waals surface area contributed by atoms with Crippen molar-refractivity contribution >= 4 is 35.0 Å². The zero-order valence-electron chi connectivity index (χ0n) is 16.2. The molecular formula is C23H23N3O2S. The van der Waals surface area contributed by atoms with Crippen LogP contribution in [0.5, 0.6) is 0 Å². The number of hydrogen-bond acceptors (Lipinski definition) is 4. The van der Waals surface area contributed by atoms with Gasteiger partial charge in [0.15, 0.2) is 0 Å². The van der Waals surface area contributed by atoms with Crippen molar-refractivity contribution in [3.8, 4) is 0 Å². The zero-order valence-corrected chi connectivity index (χ0v) is 17.0. The van der Waals surface area contributed by atoms with Gasteiger partial charge in [-0.25, -0.2) is 4.98 Å². The van der Waals surface area contributed by atoms with E-state index in [2.05, 4.69) is 33.9 Å². The van der Waals surface area contributed by atoms with Gasteiger partial charge in [-0.15, -0.1) is 11.3 Å². The molecule has 2 aliphatic heterocycles. The number of amides is 2. The number of carbonyl (C=O) groups is 2. The number of rotatable bonds is 4. The van der Waals surface area contributed by atoms with Crippen LogP contribution in [0, 0.1) is 5.41 Å². The lowest BCUT2D eigenvalue weighted by Gasteiger charge is -2.25. The number of carbonyl (C=O) groups excluding carboxylic acids is 2. The Labute approximate surface area is 174 Å². The van der Waals surface area contributed by atoms with E-state index in [9.17, 15) is 9.59 Å². The summed E-state index contributed by atoms with van der Waals surface area (Å²) < 4.78 is 0. The van der Waals surface area contributed by atoms with Crippen molar-refractivity contribution in [2.45, 2.75) is 32.1 Å². The highest BCUT2D eigenvalue weighted by atomic mass is 32.1. The SMILES string of the molecule is O=C(/C=C/c1cnc2c(c1)CC1(CC1)C(=O)N2)N1CC=C(Cc2cccs2)CC1. The highest BCUT2D eigenvalue weighted by Gasteiger charge is 2.52. The molecule has 0 unspecified atom stereocenters. The van der Waals surface area contributed by atoms with Crippen molar-refractivity contribution in [3.05, 3.63) is 63.5 Å². The molecule has 1 spiro atoms. The number of anilines is 1. The molecular weight excluding hydrogens is 382 g/mol. The topological polar surface area (TPSA) is 62.3 Å². The molecule has 0 bridgehead atoms. The van der Waals surface area contributed by atoms with Gasteiger partial charge in [0.1, 0.15) is 5.82 Å². The van der Waals surface area contributed by atoms with E-state index in [1.54, 1.807) is 23.6 Å². The number of hydrogen-bond donors (Lipinski definition) is 1. The van der Waals surface area contributed by atoms with Crippen LogP contribution in [0.3, 0.4) is 0 Å². The summed E-state index contributed by atoms with van der Waals surface area (Å²) in [4.78, 5) is 32.3. The Balaban J connectivity index is 1.21. The average molecular weight is 406 g/mol. The third kappa shape index (κ3) is 3.77. The maximum atomic E-state index is 12.6. The Kier molecular flexibility index (Phi) is 4.59. The van der Waals surface area contributed by atoms with Gasteiger partial charge in [0.05, 0.1) is 5.41 Å². The predicted molar refractivity (Wildman–Crippen MR) is 115 cm³/mol. The van der Waals surface area contributed by atoms with Gasteiger partial charge in [-0.05, 0) is 60.4 Å². The molecule has 0 saturated heterocycles. The molecule has 29 heavy (non-hydrogen) atoms. The number of aromatic nitrogens is 1. The van der Waals surface area contributed by atoms with Gasteiger partial charge in [0.25, 0.3) is 0 Å². The minimum Gasteiger partial charge on any atom is -0.335 e. The Bertz CT molecular complexity index is 1020. The third-order valence-corrected chi connectivity index (χ3v) is 6.97. The van der Waals surface area contributed by atoms with Crippen molar-refractivity contribution in [2.24, 2.45) is 5.41 Å². The van der Waals surface area contributed by atoms with Crippen LogP contribution in [0.4, 0.5) is 5.82 Å². The summed E-state index contributed by atoms with van der Waals surface area (Å²) >= 11 is 1.78. The summed E-state index contributed by atoms with van der Waals surface area (Å²) in [6, 6.07) is 6.29. The molecule has 0 atom stereocenters. The van der Waals surface area contributed by atoms with Crippen molar-refractivity contribution in [2.75, 3.05) is 18.4 Å². The molecule has 148 valence electrons. The average Bonchev–Trinajstić information content (AvgIpc) is 3.32. The van der Waals surface area contributed by atoms with Crippen LogP contribution < -0.4 is 5.32 Å². The molecule has 3 aliphatic rings. The Morgan fingerprint density at radius 3 is 3.00 bits per heavy atom. The first-order chi connectivity index (χ1) is 14.1. The second-order valence-corrected chi connectivity index (χ2v) is 9.21. The molecule has 0 aromatic carbocycles. The molecule has 6 heteroatoms. The quantitative estimate of drug-likeness (QED) is 0.621. The Morgan fingerprint density at radius 1 is 1.38 bits per heavy atom.